The lowest BCUT2D eigenvalue weighted by Crippen LogP contribution is -2.27. The van der Waals surface area contributed by atoms with Crippen molar-refractivity contribution in [1.82, 2.24) is 9.88 Å². The van der Waals surface area contributed by atoms with Crippen LogP contribution in [0.4, 0.5) is 0 Å². The number of methoxy groups -OCH3 is 1. The van der Waals surface area contributed by atoms with Crippen molar-refractivity contribution in [3.05, 3.63) is 59.9 Å². The number of amides is 1. The molecule has 6 heteroatoms. The van der Waals surface area contributed by atoms with E-state index in [-0.39, 0.29) is 17.1 Å². The van der Waals surface area contributed by atoms with Gasteiger partial charge in [-0.05, 0) is 30.7 Å². The minimum atomic E-state index is -0.382. The van der Waals surface area contributed by atoms with Crippen molar-refractivity contribution in [3.63, 3.8) is 0 Å². The second-order valence-corrected chi connectivity index (χ2v) is 6.68. The average molecular weight is 344 g/mol. The second kappa shape index (κ2) is 8.49. The number of carbonyl (C=O) groups excluding carboxylic acids is 2. The van der Waals surface area contributed by atoms with Crippen molar-refractivity contribution in [2.75, 3.05) is 14.2 Å². The smallest absolute Gasteiger partial charge is 0.318 e. The Balaban J connectivity index is 2.15. The molecule has 1 atom stereocenters. The molecule has 0 saturated heterocycles. The van der Waals surface area contributed by atoms with Crippen molar-refractivity contribution >= 4 is 23.6 Å². The minimum absolute atomic E-state index is 0.0981. The van der Waals surface area contributed by atoms with Gasteiger partial charge in [0, 0.05) is 30.9 Å². The van der Waals surface area contributed by atoms with Crippen LogP contribution in [0.25, 0.3) is 0 Å². The molecule has 0 aliphatic heterocycles. The van der Waals surface area contributed by atoms with Crippen molar-refractivity contribution in [1.29, 1.82) is 0 Å². The number of esters is 1. The first-order valence-electron chi connectivity index (χ1n) is 7.50. The predicted molar refractivity (Wildman–Crippen MR) is 93.8 cm³/mol. The molecule has 1 heterocycles. The number of benzene rings is 1. The normalized spacial score (nSPS) is 11.6. The Morgan fingerprint density at radius 2 is 2.00 bits per heavy atom. The third-order valence-electron chi connectivity index (χ3n) is 3.44. The molecule has 24 heavy (non-hydrogen) atoms. The van der Waals surface area contributed by atoms with Crippen LogP contribution in [0.1, 0.15) is 22.8 Å². The highest BCUT2D eigenvalue weighted by molar-refractivity contribution is 8.00. The third kappa shape index (κ3) is 4.58. The lowest BCUT2D eigenvalue weighted by atomic mass is 10.2. The van der Waals surface area contributed by atoms with Crippen molar-refractivity contribution < 1.29 is 14.3 Å². The number of thioether (sulfide) groups is 1. The summed E-state index contributed by atoms with van der Waals surface area (Å²) in [5.74, 6) is -0.412. The van der Waals surface area contributed by atoms with E-state index in [4.69, 9.17) is 4.74 Å². The Morgan fingerprint density at radius 1 is 1.25 bits per heavy atom. The number of hydrogen-bond donors (Lipinski definition) is 0. The van der Waals surface area contributed by atoms with Gasteiger partial charge in [-0.15, -0.1) is 11.8 Å². The molecule has 2 aromatic rings. The topological polar surface area (TPSA) is 59.5 Å². The molecule has 5 nitrogen and oxygen atoms in total. The first-order valence-corrected chi connectivity index (χ1v) is 8.38. The summed E-state index contributed by atoms with van der Waals surface area (Å²) in [5.41, 5.74) is 1.53. The number of hydrogen-bond acceptors (Lipinski definition) is 5. The summed E-state index contributed by atoms with van der Waals surface area (Å²) in [7, 11) is 3.11. The van der Waals surface area contributed by atoms with E-state index < -0.39 is 0 Å². The zero-order valence-electron chi connectivity index (χ0n) is 13.9. The summed E-state index contributed by atoms with van der Waals surface area (Å²) in [4.78, 5) is 30.9. The molecule has 0 spiro atoms. The molecule has 0 bridgehead atoms. The molecule has 2 rings (SSSR count). The van der Waals surface area contributed by atoms with Crippen LogP contribution >= 0.6 is 11.8 Å². The summed E-state index contributed by atoms with van der Waals surface area (Å²) < 4.78 is 4.75. The Kier molecular flexibility index (Phi) is 6.37. The zero-order chi connectivity index (χ0) is 17.5. The van der Waals surface area contributed by atoms with Gasteiger partial charge in [0.15, 0.2) is 0 Å². The quantitative estimate of drug-likeness (QED) is 0.595. The van der Waals surface area contributed by atoms with Crippen LogP contribution in [0, 0.1) is 0 Å². The van der Waals surface area contributed by atoms with E-state index in [1.807, 2.05) is 30.3 Å². The fourth-order valence-electron chi connectivity index (χ4n) is 2.19. The Bertz CT molecular complexity index is 706. The SMILES string of the molecule is COC(=O)C(C)Sc1ccccc1C(=O)N(C)Cc1cccnc1. The van der Waals surface area contributed by atoms with Gasteiger partial charge in [0.25, 0.3) is 5.91 Å². The van der Waals surface area contributed by atoms with E-state index in [0.717, 1.165) is 10.5 Å². The highest BCUT2D eigenvalue weighted by atomic mass is 32.2. The number of carbonyl (C=O) groups is 2. The molecular formula is C18H20N2O3S. The molecule has 126 valence electrons. The Morgan fingerprint density at radius 3 is 2.67 bits per heavy atom. The number of aromatic nitrogens is 1. The van der Waals surface area contributed by atoms with Gasteiger partial charge >= 0.3 is 5.97 Å². The number of ether oxygens (including phenoxy) is 1. The van der Waals surface area contributed by atoms with Gasteiger partial charge in [-0.3, -0.25) is 14.6 Å². The van der Waals surface area contributed by atoms with Crippen LogP contribution in [0.2, 0.25) is 0 Å². The summed E-state index contributed by atoms with van der Waals surface area (Å²) in [6, 6.07) is 11.1. The van der Waals surface area contributed by atoms with Crippen LogP contribution in [-0.2, 0) is 16.1 Å². The fourth-order valence-corrected chi connectivity index (χ4v) is 3.21. The van der Waals surface area contributed by atoms with E-state index in [1.54, 1.807) is 37.3 Å². The van der Waals surface area contributed by atoms with Gasteiger partial charge in [-0.25, -0.2) is 0 Å². The number of rotatable bonds is 6. The second-order valence-electron chi connectivity index (χ2n) is 5.30. The highest BCUT2D eigenvalue weighted by Gasteiger charge is 2.20. The maximum Gasteiger partial charge on any atom is 0.318 e. The largest absolute Gasteiger partial charge is 0.468 e. The van der Waals surface area contributed by atoms with Crippen LogP contribution in [0.5, 0.6) is 0 Å². The molecule has 0 saturated carbocycles. The minimum Gasteiger partial charge on any atom is -0.468 e. The van der Waals surface area contributed by atoms with Crippen molar-refractivity contribution in [3.8, 4) is 0 Å². The molecular weight excluding hydrogens is 324 g/mol. The first-order chi connectivity index (χ1) is 11.5. The molecule has 0 radical (unpaired) electrons. The number of pyridine rings is 1. The summed E-state index contributed by atoms with van der Waals surface area (Å²) in [5, 5.41) is -0.382. The molecule has 1 amide bonds. The van der Waals surface area contributed by atoms with Crippen molar-refractivity contribution in [2.24, 2.45) is 0 Å². The summed E-state index contributed by atoms with van der Waals surface area (Å²) >= 11 is 1.32. The average Bonchev–Trinajstić information content (AvgIpc) is 2.61. The molecule has 1 aromatic carbocycles. The van der Waals surface area contributed by atoms with Gasteiger partial charge in [0.1, 0.15) is 5.25 Å². The van der Waals surface area contributed by atoms with Gasteiger partial charge in [-0.2, -0.15) is 0 Å². The fraction of sp³-hybridized carbons (Fsp3) is 0.278. The van der Waals surface area contributed by atoms with Crippen LogP contribution in [0.3, 0.4) is 0 Å². The summed E-state index contributed by atoms with van der Waals surface area (Å²) in [6.07, 6.45) is 3.44. The maximum atomic E-state index is 12.8. The van der Waals surface area contributed by atoms with Crippen LogP contribution < -0.4 is 0 Å². The van der Waals surface area contributed by atoms with E-state index in [0.29, 0.717) is 12.1 Å². The maximum absolute atomic E-state index is 12.8. The number of nitrogens with zero attached hydrogens (tertiary/aromatic N) is 2. The molecule has 0 aliphatic rings. The third-order valence-corrected chi connectivity index (χ3v) is 4.60. The molecule has 1 aromatic heterocycles. The standard InChI is InChI=1S/C18H20N2O3S/c1-13(18(22)23-3)24-16-9-5-4-8-15(16)17(21)20(2)12-14-7-6-10-19-11-14/h4-11,13H,12H2,1-3H3. The monoisotopic (exact) mass is 344 g/mol. The van der Waals surface area contributed by atoms with E-state index in [2.05, 4.69) is 4.98 Å². The predicted octanol–water partition coefficient (Wildman–Crippen LogP) is 3.01. The summed E-state index contributed by atoms with van der Waals surface area (Å²) in [6.45, 7) is 2.23. The van der Waals surface area contributed by atoms with E-state index >= 15 is 0 Å². The zero-order valence-corrected chi connectivity index (χ0v) is 14.7. The molecule has 0 aliphatic carbocycles. The van der Waals surface area contributed by atoms with Gasteiger partial charge in [-0.1, -0.05) is 18.2 Å². The Hall–Kier alpha value is -2.34. The van der Waals surface area contributed by atoms with Crippen LogP contribution in [-0.4, -0.2) is 41.2 Å². The van der Waals surface area contributed by atoms with Crippen LogP contribution in [0.15, 0.2) is 53.7 Å². The van der Waals surface area contributed by atoms with E-state index in [9.17, 15) is 9.59 Å². The van der Waals surface area contributed by atoms with Crippen molar-refractivity contribution in [2.45, 2.75) is 23.6 Å². The van der Waals surface area contributed by atoms with Gasteiger partial charge in [0.2, 0.25) is 0 Å². The lowest BCUT2D eigenvalue weighted by molar-refractivity contribution is -0.139. The Labute approximate surface area is 146 Å². The first kappa shape index (κ1) is 18.0. The lowest BCUT2D eigenvalue weighted by Gasteiger charge is -2.19. The highest BCUT2D eigenvalue weighted by Crippen LogP contribution is 2.28. The molecule has 0 fully saturated rings. The van der Waals surface area contributed by atoms with Gasteiger partial charge in [0.05, 0.1) is 12.7 Å². The molecule has 0 N–H and O–H groups in total. The van der Waals surface area contributed by atoms with E-state index in [1.165, 1.54) is 18.9 Å². The van der Waals surface area contributed by atoms with Gasteiger partial charge < -0.3 is 9.64 Å². The molecule has 1 unspecified atom stereocenters.